The van der Waals surface area contributed by atoms with E-state index in [1.54, 1.807) is 11.3 Å². The molecule has 0 spiro atoms. The molecule has 0 amide bonds. The van der Waals surface area contributed by atoms with E-state index >= 15 is 0 Å². The molecule has 1 aliphatic rings. The van der Waals surface area contributed by atoms with Crippen molar-refractivity contribution in [2.75, 3.05) is 10.6 Å². The molecule has 3 rings (SSSR count). The number of rotatable bonds is 7. The molecule has 1 atom stereocenters. The smallest absolute Gasteiger partial charge is 0.329 e. The summed E-state index contributed by atoms with van der Waals surface area (Å²) in [5.41, 5.74) is -0.0802. The molecule has 116 valence electrons. The third-order valence-electron chi connectivity index (χ3n) is 3.35. The van der Waals surface area contributed by atoms with Crippen LogP contribution in [0.15, 0.2) is 23.7 Å². The van der Waals surface area contributed by atoms with E-state index in [2.05, 4.69) is 26.7 Å². The fourth-order valence-corrected chi connectivity index (χ4v) is 2.94. The quantitative estimate of drug-likeness (QED) is 0.602. The summed E-state index contributed by atoms with van der Waals surface area (Å²) in [6, 6.07) is 4.55. The first-order chi connectivity index (χ1) is 10.6. The molecule has 2 aromatic rings. The normalized spacial score (nSPS) is 15.3. The van der Waals surface area contributed by atoms with Crippen molar-refractivity contribution in [1.29, 1.82) is 0 Å². The Morgan fingerprint density at radius 3 is 3.00 bits per heavy atom. The molecule has 0 saturated heterocycles. The van der Waals surface area contributed by atoms with E-state index in [4.69, 9.17) is 0 Å². The highest BCUT2D eigenvalue weighted by atomic mass is 32.1. The van der Waals surface area contributed by atoms with Gasteiger partial charge in [-0.25, -0.2) is 4.98 Å². The molecule has 1 fully saturated rings. The van der Waals surface area contributed by atoms with Crippen LogP contribution in [0.4, 0.5) is 17.5 Å². The van der Waals surface area contributed by atoms with Crippen molar-refractivity contribution < 1.29 is 4.92 Å². The van der Waals surface area contributed by atoms with Crippen molar-refractivity contribution in [1.82, 2.24) is 9.97 Å². The Hall–Kier alpha value is -2.22. The van der Waals surface area contributed by atoms with Crippen LogP contribution in [-0.2, 0) is 6.42 Å². The minimum Gasteiger partial charge on any atom is -0.361 e. The van der Waals surface area contributed by atoms with Gasteiger partial charge >= 0.3 is 5.69 Å². The van der Waals surface area contributed by atoms with Gasteiger partial charge < -0.3 is 10.6 Å². The summed E-state index contributed by atoms with van der Waals surface area (Å²) in [5.74, 6) is 0.714. The monoisotopic (exact) mass is 319 g/mol. The zero-order valence-electron chi connectivity index (χ0n) is 12.2. The maximum atomic E-state index is 11.0. The van der Waals surface area contributed by atoms with Gasteiger partial charge in [0.15, 0.2) is 0 Å². The molecule has 22 heavy (non-hydrogen) atoms. The second kappa shape index (κ2) is 6.27. The fraction of sp³-hybridized carbons (Fsp3) is 0.429. The van der Waals surface area contributed by atoms with E-state index in [9.17, 15) is 10.1 Å². The van der Waals surface area contributed by atoms with Crippen molar-refractivity contribution in [3.63, 3.8) is 0 Å². The number of nitrogens with one attached hydrogen (secondary N) is 2. The van der Waals surface area contributed by atoms with Gasteiger partial charge in [0.1, 0.15) is 6.20 Å². The van der Waals surface area contributed by atoms with Gasteiger partial charge in [-0.1, -0.05) is 6.07 Å². The minimum absolute atomic E-state index is 0.0802. The van der Waals surface area contributed by atoms with E-state index in [-0.39, 0.29) is 11.7 Å². The van der Waals surface area contributed by atoms with Crippen LogP contribution in [0.1, 0.15) is 24.6 Å². The van der Waals surface area contributed by atoms with Gasteiger partial charge in [-0.3, -0.25) is 10.1 Å². The second-order valence-corrected chi connectivity index (χ2v) is 6.46. The summed E-state index contributed by atoms with van der Waals surface area (Å²) in [5, 5.41) is 19.4. The standard InChI is InChI=1S/C14H17N5O2S/c1-9(7-11-3-2-6-22-11)16-14-15-8-12(19(20)21)13(18-14)17-10-4-5-10/h2-3,6,8-10H,4-5,7H2,1H3,(H2,15,16,17,18). The minimum atomic E-state index is -0.455. The van der Waals surface area contributed by atoms with Crippen molar-refractivity contribution in [2.45, 2.75) is 38.3 Å². The van der Waals surface area contributed by atoms with E-state index in [1.807, 2.05) is 18.4 Å². The summed E-state index contributed by atoms with van der Waals surface area (Å²) in [4.78, 5) is 20.2. The number of anilines is 2. The van der Waals surface area contributed by atoms with E-state index in [0.29, 0.717) is 17.8 Å². The molecule has 2 aromatic heterocycles. The first-order valence-electron chi connectivity index (χ1n) is 7.18. The van der Waals surface area contributed by atoms with Crippen LogP contribution in [-0.4, -0.2) is 27.0 Å². The number of nitrogens with zero attached hydrogens (tertiary/aromatic N) is 3. The highest BCUT2D eigenvalue weighted by Gasteiger charge is 2.26. The number of aromatic nitrogens is 2. The number of nitro groups is 1. The van der Waals surface area contributed by atoms with Crippen LogP contribution in [0.2, 0.25) is 0 Å². The van der Waals surface area contributed by atoms with Crippen LogP contribution in [0.5, 0.6) is 0 Å². The molecule has 1 saturated carbocycles. The highest BCUT2D eigenvalue weighted by Crippen LogP contribution is 2.29. The Morgan fingerprint density at radius 1 is 1.55 bits per heavy atom. The number of thiophene rings is 1. The average molecular weight is 319 g/mol. The van der Waals surface area contributed by atoms with E-state index in [0.717, 1.165) is 19.3 Å². The first-order valence-corrected chi connectivity index (χ1v) is 8.06. The van der Waals surface area contributed by atoms with Gasteiger partial charge in [0.25, 0.3) is 0 Å². The third kappa shape index (κ3) is 3.70. The van der Waals surface area contributed by atoms with Gasteiger partial charge in [-0.15, -0.1) is 11.3 Å². The molecule has 2 heterocycles. The van der Waals surface area contributed by atoms with Gasteiger partial charge in [0.05, 0.1) is 4.92 Å². The lowest BCUT2D eigenvalue weighted by Gasteiger charge is -2.13. The SMILES string of the molecule is CC(Cc1cccs1)Nc1ncc([N+](=O)[O-])c(NC2CC2)n1. The Balaban J connectivity index is 1.71. The van der Waals surface area contributed by atoms with Gasteiger partial charge in [-0.2, -0.15) is 4.98 Å². The van der Waals surface area contributed by atoms with Gasteiger partial charge in [-0.05, 0) is 31.2 Å². The zero-order chi connectivity index (χ0) is 15.5. The van der Waals surface area contributed by atoms with Crippen LogP contribution in [0.25, 0.3) is 0 Å². The van der Waals surface area contributed by atoms with Gasteiger partial charge in [0, 0.05) is 23.4 Å². The Bertz CT molecular complexity index is 657. The maximum absolute atomic E-state index is 11.0. The van der Waals surface area contributed by atoms with Crippen LogP contribution in [0.3, 0.4) is 0 Å². The molecule has 0 aromatic carbocycles. The molecule has 0 bridgehead atoms. The van der Waals surface area contributed by atoms with E-state index < -0.39 is 4.92 Å². The van der Waals surface area contributed by atoms with Gasteiger partial charge in [0.2, 0.25) is 11.8 Å². The summed E-state index contributed by atoms with van der Waals surface area (Å²) in [7, 11) is 0. The molecule has 1 unspecified atom stereocenters. The molecular formula is C14H17N5O2S. The largest absolute Gasteiger partial charge is 0.361 e. The molecular weight excluding hydrogens is 302 g/mol. The van der Waals surface area contributed by atoms with Crippen LogP contribution < -0.4 is 10.6 Å². The lowest BCUT2D eigenvalue weighted by Crippen LogP contribution is -2.20. The maximum Gasteiger partial charge on any atom is 0.329 e. The van der Waals surface area contributed by atoms with E-state index in [1.165, 1.54) is 11.1 Å². The van der Waals surface area contributed by atoms with Crippen LogP contribution >= 0.6 is 11.3 Å². The van der Waals surface area contributed by atoms with Crippen LogP contribution in [0, 0.1) is 10.1 Å². The molecule has 2 N–H and O–H groups in total. The topological polar surface area (TPSA) is 93.0 Å². The molecule has 0 radical (unpaired) electrons. The van der Waals surface area contributed by atoms with Crippen molar-refractivity contribution >= 4 is 28.8 Å². The summed E-state index contributed by atoms with van der Waals surface area (Å²) in [6.07, 6.45) is 4.18. The van der Waals surface area contributed by atoms with Crippen molar-refractivity contribution in [2.24, 2.45) is 0 Å². The fourth-order valence-electron chi connectivity index (χ4n) is 2.11. The predicted molar refractivity (Wildman–Crippen MR) is 86.4 cm³/mol. The average Bonchev–Trinajstić information content (AvgIpc) is 3.12. The highest BCUT2D eigenvalue weighted by molar-refractivity contribution is 7.09. The lowest BCUT2D eigenvalue weighted by atomic mass is 10.2. The third-order valence-corrected chi connectivity index (χ3v) is 4.25. The predicted octanol–water partition coefficient (Wildman–Crippen LogP) is 3.06. The van der Waals surface area contributed by atoms with Crippen molar-refractivity contribution in [3.8, 4) is 0 Å². The first kappa shape index (κ1) is 14.7. The molecule has 0 aliphatic heterocycles. The molecule has 1 aliphatic carbocycles. The Kier molecular flexibility index (Phi) is 4.19. The number of hydrogen-bond acceptors (Lipinski definition) is 7. The second-order valence-electron chi connectivity index (χ2n) is 5.43. The van der Waals surface area contributed by atoms with Crippen molar-refractivity contribution in [3.05, 3.63) is 38.7 Å². The Morgan fingerprint density at radius 2 is 2.36 bits per heavy atom. The summed E-state index contributed by atoms with van der Waals surface area (Å²) in [6.45, 7) is 2.04. The molecule has 8 heteroatoms. The Labute approximate surface area is 132 Å². The molecule has 7 nitrogen and oxygen atoms in total. The lowest BCUT2D eigenvalue weighted by molar-refractivity contribution is -0.384. The summed E-state index contributed by atoms with van der Waals surface area (Å²) < 4.78 is 0. The zero-order valence-corrected chi connectivity index (χ0v) is 13.0. The summed E-state index contributed by atoms with van der Waals surface area (Å²) >= 11 is 1.71. The number of hydrogen-bond donors (Lipinski definition) is 2.